The highest BCUT2D eigenvalue weighted by Gasteiger charge is 2.26. The van der Waals surface area contributed by atoms with E-state index in [1.807, 2.05) is 0 Å². The van der Waals surface area contributed by atoms with Crippen molar-refractivity contribution in [3.8, 4) is 11.3 Å². The number of fused-ring (bicyclic) bond motifs is 1. The molecule has 10 heteroatoms. The number of methoxy groups -OCH3 is 1. The fourth-order valence-corrected chi connectivity index (χ4v) is 3.42. The highest BCUT2D eigenvalue weighted by Crippen LogP contribution is 2.28. The van der Waals surface area contributed by atoms with Crippen LogP contribution in [0.5, 0.6) is 0 Å². The van der Waals surface area contributed by atoms with E-state index < -0.39 is 11.9 Å². The number of imidazole rings is 1. The van der Waals surface area contributed by atoms with E-state index in [1.165, 1.54) is 58.8 Å². The van der Waals surface area contributed by atoms with Gasteiger partial charge in [-0.15, -0.1) is 0 Å². The number of hydrogen-bond acceptors (Lipinski definition) is 5. The molecule has 4 rings (SSSR count). The summed E-state index contributed by atoms with van der Waals surface area (Å²) in [6.45, 7) is 0. The van der Waals surface area contributed by atoms with Crippen LogP contribution in [0.4, 0.5) is 20.6 Å². The van der Waals surface area contributed by atoms with Gasteiger partial charge < -0.3 is 9.64 Å². The molecule has 0 spiro atoms. The van der Waals surface area contributed by atoms with Gasteiger partial charge in [-0.3, -0.25) is 14.1 Å². The topological polar surface area (TPSA) is 80.0 Å². The average Bonchev–Trinajstić information content (AvgIpc) is 3.21. The first-order valence-corrected chi connectivity index (χ1v) is 10.2. The van der Waals surface area contributed by atoms with Gasteiger partial charge in [0, 0.05) is 36.6 Å². The molecule has 168 valence electrons. The minimum atomic E-state index is -0.596. The lowest BCUT2D eigenvalue weighted by Gasteiger charge is -2.19. The number of anilines is 2. The summed E-state index contributed by atoms with van der Waals surface area (Å²) in [6.07, 6.45) is 2.42. The average molecular weight is 468 g/mol. The molecule has 0 bridgehead atoms. The fourth-order valence-electron chi connectivity index (χ4n) is 3.29. The van der Waals surface area contributed by atoms with Crippen molar-refractivity contribution in [2.24, 2.45) is 0 Å². The molecule has 0 aliphatic heterocycles. The Bertz CT molecular complexity index is 1340. The van der Waals surface area contributed by atoms with Crippen molar-refractivity contribution in [2.75, 3.05) is 31.0 Å². The zero-order chi connectivity index (χ0) is 23.7. The van der Waals surface area contributed by atoms with Gasteiger partial charge in [-0.25, -0.2) is 19.2 Å². The summed E-state index contributed by atoms with van der Waals surface area (Å²) < 4.78 is 19.8. The number of hydrogen-bond donors (Lipinski definition) is 0. The normalized spacial score (nSPS) is 10.8. The third-order valence-electron chi connectivity index (χ3n) is 5.14. The van der Waals surface area contributed by atoms with Gasteiger partial charge in [-0.05, 0) is 48.5 Å². The van der Waals surface area contributed by atoms with Crippen LogP contribution < -0.4 is 9.80 Å². The molecular formula is C23H19ClFN5O3. The maximum absolute atomic E-state index is 13.7. The summed E-state index contributed by atoms with van der Waals surface area (Å²) in [5.74, 6) is -0.554. The Hall–Kier alpha value is -3.98. The van der Waals surface area contributed by atoms with E-state index in [0.29, 0.717) is 27.7 Å². The molecule has 0 saturated heterocycles. The summed E-state index contributed by atoms with van der Waals surface area (Å²) in [4.78, 5) is 37.2. The first kappa shape index (κ1) is 22.2. The predicted octanol–water partition coefficient (Wildman–Crippen LogP) is 4.67. The molecule has 2 aromatic carbocycles. The number of aromatic nitrogens is 3. The second kappa shape index (κ2) is 8.87. The number of rotatable bonds is 4. The van der Waals surface area contributed by atoms with Crippen LogP contribution in [0.1, 0.15) is 10.5 Å². The van der Waals surface area contributed by atoms with Gasteiger partial charge in [0.15, 0.2) is 0 Å². The quantitative estimate of drug-likeness (QED) is 0.436. The number of benzene rings is 2. The number of amides is 2. The number of nitrogens with zero attached hydrogens (tertiary/aromatic N) is 5. The van der Waals surface area contributed by atoms with E-state index in [9.17, 15) is 14.0 Å². The van der Waals surface area contributed by atoms with Gasteiger partial charge >= 0.3 is 6.09 Å². The molecule has 2 aromatic heterocycles. The third-order valence-corrected chi connectivity index (χ3v) is 5.39. The zero-order valence-electron chi connectivity index (χ0n) is 18.0. The molecule has 0 radical (unpaired) electrons. The molecule has 0 atom stereocenters. The number of carbonyl (C=O) groups excluding carboxylic acids is 2. The molecule has 0 unspecified atom stereocenters. The Morgan fingerprint density at radius 2 is 1.67 bits per heavy atom. The van der Waals surface area contributed by atoms with Gasteiger partial charge in [0.2, 0.25) is 5.78 Å². The number of carbonyl (C=O) groups is 2. The maximum atomic E-state index is 13.7. The Morgan fingerprint density at radius 3 is 2.30 bits per heavy atom. The lowest BCUT2D eigenvalue weighted by Crippen LogP contribution is -2.29. The molecule has 4 aromatic rings. The molecule has 33 heavy (non-hydrogen) atoms. The van der Waals surface area contributed by atoms with E-state index in [-0.39, 0.29) is 17.4 Å². The number of ether oxygens (including phenoxy) is 1. The monoisotopic (exact) mass is 467 g/mol. The SMILES string of the molecule is COC(=O)N(C)c1cnc2nc(-c3ccc(F)cc3)c(C(=O)N(C)c3ccc(Cl)cc3)n2c1. The molecule has 2 heterocycles. The summed E-state index contributed by atoms with van der Waals surface area (Å²) in [6, 6.07) is 12.5. The third kappa shape index (κ3) is 4.22. The van der Waals surface area contributed by atoms with Crippen molar-refractivity contribution in [1.29, 1.82) is 0 Å². The largest absolute Gasteiger partial charge is 0.452 e. The summed E-state index contributed by atoms with van der Waals surface area (Å²) >= 11 is 5.98. The Balaban J connectivity index is 1.90. The highest BCUT2D eigenvalue weighted by molar-refractivity contribution is 6.30. The Morgan fingerprint density at radius 1 is 1.00 bits per heavy atom. The van der Waals surface area contributed by atoms with E-state index in [4.69, 9.17) is 16.3 Å². The Labute approximate surface area is 193 Å². The van der Waals surface area contributed by atoms with Crippen LogP contribution in [0.2, 0.25) is 5.02 Å². The molecule has 0 N–H and O–H groups in total. The van der Waals surface area contributed by atoms with Crippen LogP contribution >= 0.6 is 11.6 Å². The van der Waals surface area contributed by atoms with E-state index in [2.05, 4.69) is 9.97 Å². The zero-order valence-corrected chi connectivity index (χ0v) is 18.7. The van der Waals surface area contributed by atoms with E-state index >= 15 is 0 Å². The lowest BCUT2D eigenvalue weighted by atomic mass is 10.1. The number of halogens is 2. The molecular weight excluding hydrogens is 449 g/mol. The Kier molecular flexibility index (Phi) is 5.97. The predicted molar refractivity (Wildman–Crippen MR) is 123 cm³/mol. The van der Waals surface area contributed by atoms with Crippen LogP contribution in [0.15, 0.2) is 60.9 Å². The van der Waals surface area contributed by atoms with Crippen molar-refractivity contribution in [1.82, 2.24) is 14.4 Å². The van der Waals surface area contributed by atoms with Crippen LogP contribution in [0.25, 0.3) is 17.0 Å². The van der Waals surface area contributed by atoms with Crippen molar-refractivity contribution in [3.63, 3.8) is 0 Å². The molecule has 0 aliphatic carbocycles. The minimum absolute atomic E-state index is 0.196. The van der Waals surface area contributed by atoms with Gasteiger partial charge in [-0.2, -0.15) is 0 Å². The highest BCUT2D eigenvalue weighted by atomic mass is 35.5. The maximum Gasteiger partial charge on any atom is 0.413 e. The first-order valence-electron chi connectivity index (χ1n) is 9.79. The van der Waals surface area contributed by atoms with Crippen LogP contribution in [0.3, 0.4) is 0 Å². The fraction of sp³-hybridized carbons (Fsp3) is 0.130. The summed E-state index contributed by atoms with van der Waals surface area (Å²) in [7, 11) is 4.41. The smallest absolute Gasteiger partial charge is 0.413 e. The van der Waals surface area contributed by atoms with Crippen LogP contribution in [0, 0.1) is 5.82 Å². The van der Waals surface area contributed by atoms with Crippen molar-refractivity contribution < 1.29 is 18.7 Å². The molecule has 8 nitrogen and oxygen atoms in total. The standard InChI is InChI=1S/C23H19ClFN5O3/c1-28(17-10-6-15(24)7-11-17)21(31)20-19(14-4-8-16(25)9-5-14)27-22-26-12-18(13-30(20)22)29(2)23(32)33-3/h4-13H,1-3H3. The molecule has 0 aliphatic rings. The summed E-state index contributed by atoms with van der Waals surface area (Å²) in [5.41, 5.74) is 2.06. The van der Waals surface area contributed by atoms with E-state index in [1.54, 1.807) is 37.5 Å². The van der Waals surface area contributed by atoms with Crippen molar-refractivity contribution in [3.05, 3.63) is 77.5 Å². The van der Waals surface area contributed by atoms with Crippen LogP contribution in [-0.2, 0) is 4.74 Å². The van der Waals surface area contributed by atoms with Gasteiger partial charge in [-0.1, -0.05) is 11.6 Å². The van der Waals surface area contributed by atoms with Crippen LogP contribution in [-0.4, -0.2) is 47.6 Å². The lowest BCUT2D eigenvalue weighted by molar-refractivity contribution is 0.0988. The molecule has 0 fully saturated rings. The second-order valence-corrected chi connectivity index (χ2v) is 7.60. The van der Waals surface area contributed by atoms with E-state index in [0.717, 1.165) is 0 Å². The summed E-state index contributed by atoms with van der Waals surface area (Å²) in [5, 5.41) is 0.543. The van der Waals surface area contributed by atoms with Gasteiger partial charge in [0.05, 0.1) is 19.0 Å². The minimum Gasteiger partial charge on any atom is -0.452 e. The van der Waals surface area contributed by atoms with Gasteiger partial charge in [0.25, 0.3) is 5.91 Å². The van der Waals surface area contributed by atoms with Gasteiger partial charge in [0.1, 0.15) is 17.2 Å². The molecule has 2 amide bonds. The van der Waals surface area contributed by atoms with Crippen molar-refractivity contribution in [2.45, 2.75) is 0 Å². The van der Waals surface area contributed by atoms with Crippen molar-refractivity contribution >= 4 is 40.8 Å². The second-order valence-electron chi connectivity index (χ2n) is 7.17. The first-order chi connectivity index (χ1) is 15.8. The molecule has 0 saturated carbocycles.